The molecule has 11 aromatic rings. The number of rotatable bonds is 6. The van der Waals surface area contributed by atoms with E-state index in [0.717, 1.165) is 77.6 Å². The zero-order valence-corrected chi connectivity index (χ0v) is 30.2. The van der Waals surface area contributed by atoms with E-state index in [4.69, 9.17) is 19.4 Å². The van der Waals surface area contributed by atoms with Crippen LogP contribution in [-0.4, -0.2) is 19.5 Å². The van der Waals surface area contributed by atoms with Crippen LogP contribution in [0.25, 0.3) is 106 Å². The molecule has 0 N–H and O–H groups in total. The van der Waals surface area contributed by atoms with E-state index in [1.807, 2.05) is 60.7 Å². The van der Waals surface area contributed by atoms with Crippen molar-refractivity contribution in [3.05, 3.63) is 194 Å². The van der Waals surface area contributed by atoms with Crippen molar-refractivity contribution in [2.45, 2.75) is 0 Å². The highest BCUT2D eigenvalue weighted by molar-refractivity contribution is 6.16. The standard InChI is InChI=1S/C51H32N4O/c1-4-16-33(17-5-1)46-38(36-22-14-23-37(32-36)51-53-49(34-18-6-2-7-19-34)52-50(54-51)35-20-8-3-9-21-35)30-31-42-41-26-15-29-45(47(41)56-48(42)46)55-43-27-12-10-24-39(43)40-25-11-13-28-44(40)55/h1-32H. The zero-order chi connectivity index (χ0) is 37.0. The lowest BCUT2D eigenvalue weighted by atomic mass is 9.91. The SMILES string of the molecule is c1ccc(-c2nc(-c3ccccc3)nc(-c3cccc(-c4ccc5c(oc6c(-n7c8ccccc8c8ccccc87)cccc65)c4-c4ccccc4)c3)n2)cc1. The van der Waals surface area contributed by atoms with Gasteiger partial charge in [0.15, 0.2) is 23.1 Å². The van der Waals surface area contributed by atoms with Crippen molar-refractivity contribution < 1.29 is 4.42 Å². The van der Waals surface area contributed by atoms with Gasteiger partial charge in [0.2, 0.25) is 0 Å². The van der Waals surface area contributed by atoms with Crippen molar-refractivity contribution in [1.29, 1.82) is 0 Å². The van der Waals surface area contributed by atoms with Crippen molar-refractivity contribution in [3.8, 4) is 62.1 Å². The van der Waals surface area contributed by atoms with Gasteiger partial charge in [0.25, 0.3) is 0 Å². The Balaban J connectivity index is 1.13. The molecule has 262 valence electrons. The summed E-state index contributed by atoms with van der Waals surface area (Å²) in [5, 5.41) is 4.57. The molecule has 3 heterocycles. The Morgan fingerprint density at radius 2 is 0.804 bits per heavy atom. The summed E-state index contributed by atoms with van der Waals surface area (Å²) < 4.78 is 9.48. The van der Waals surface area contributed by atoms with Gasteiger partial charge in [0.05, 0.1) is 16.7 Å². The maximum Gasteiger partial charge on any atom is 0.164 e. The van der Waals surface area contributed by atoms with E-state index in [2.05, 4.69) is 138 Å². The maximum atomic E-state index is 7.14. The molecule has 0 aliphatic rings. The lowest BCUT2D eigenvalue weighted by Gasteiger charge is -2.13. The second kappa shape index (κ2) is 13.0. The van der Waals surface area contributed by atoms with E-state index in [0.29, 0.717) is 17.5 Å². The number of furan rings is 1. The van der Waals surface area contributed by atoms with Gasteiger partial charge in [-0.2, -0.15) is 0 Å². The molecular weight excluding hydrogens is 685 g/mol. The molecule has 5 nitrogen and oxygen atoms in total. The third kappa shape index (κ3) is 5.21. The maximum absolute atomic E-state index is 7.14. The average Bonchev–Trinajstić information content (AvgIpc) is 3.83. The molecule has 0 spiro atoms. The largest absolute Gasteiger partial charge is 0.453 e. The number of nitrogens with zero attached hydrogens (tertiary/aromatic N) is 4. The summed E-state index contributed by atoms with van der Waals surface area (Å²) in [6.07, 6.45) is 0. The zero-order valence-electron chi connectivity index (χ0n) is 30.2. The van der Waals surface area contributed by atoms with Gasteiger partial charge in [-0.3, -0.25) is 0 Å². The summed E-state index contributed by atoms with van der Waals surface area (Å²) in [6, 6.07) is 67.3. The van der Waals surface area contributed by atoms with Gasteiger partial charge in [-0.05, 0) is 47.0 Å². The van der Waals surface area contributed by atoms with E-state index in [1.165, 1.54) is 10.8 Å². The van der Waals surface area contributed by atoms with E-state index in [9.17, 15) is 0 Å². The van der Waals surface area contributed by atoms with E-state index >= 15 is 0 Å². The first-order valence-electron chi connectivity index (χ1n) is 18.8. The fourth-order valence-corrected chi connectivity index (χ4v) is 8.10. The topological polar surface area (TPSA) is 56.7 Å². The van der Waals surface area contributed by atoms with Gasteiger partial charge >= 0.3 is 0 Å². The Morgan fingerprint density at radius 3 is 1.43 bits per heavy atom. The molecule has 0 aliphatic carbocycles. The summed E-state index contributed by atoms with van der Waals surface area (Å²) in [5.41, 5.74) is 12.0. The fraction of sp³-hybridized carbons (Fsp3) is 0. The first-order valence-corrected chi connectivity index (χ1v) is 18.8. The molecule has 11 rings (SSSR count). The molecule has 0 radical (unpaired) electrons. The summed E-state index contributed by atoms with van der Waals surface area (Å²) in [7, 11) is 0. The minimum Gasteiger partial charge on any atom is -0.453 e. The third-order valence-electron chi connectivity index (χ3n) is 10.7. The highest BCUT2D eigenvalue weighted by atomic mass is 16.3. The summed E-state index contributed by atoms with van der Waals surface area (Å²) in [4.78, 5) is 15.0. The first-order chi connectivity index (χ1) is 27.8. The van der Waals surface area contributed by atoms with Crippen LogP contribution in [0, 0.1) is 0 Å². The molecule has 8 aromatic carbocycles. The normalized spacial score (nSPS) is 11.6. The Kier molecular flexibility index (Phi) is 7.42. The van der Waals surface area contributed by atoms with Crippen LogP contribution in [0.5, 0.6) is 0 Å². The van der Waals surface area contributed by atoms with Crippen molar-refractivity contribution in [2.24, 2.45) is 0 Å². The number of benzene rings is 8. The highest BCUT2D eigenvalue weighted by Crippen LogP contribution is 2.45. The number of hydrogen-bond donors (Lipinski definition) is 0. The highest BCUT2D eigenvalue weighted by Gasteiger charge is 2.22. The number of aromatic nitrogens is 4. The van der Waals surface area contributed by atoms with Crippen LogP contribution in [0.1, 0.15) is 0 Å². The fourth-order valence-electron chi connectivity index (χ4n) is 8.10. The van der Waals surface area contributed by atoms with E-state index in [-0.39, 0.29) is 0 Å². The summed E-state index contributed by atoms with van der Waals surface area (Å²) in [6.45, 7) is 0. The molecule has 0 fully saturated rings. The lowest BCUT2D eigenvalue weighted by molar-refractivity contribution is 0.667. The Morgan fingerprint density at radius 1 is 0.339 bits per heavy atom. The van der Waals surface area contributed by atoms with Crippen LogP contribution in [0.4, 0.5) is 0 Å². The third-order valence-corrected chi connectivity index (χ3v) is 10.7. The lowest BCUT2D eigenvalue weighted by Crippen LogP contribution is -2.00. The molecule has 0 bridgehead atoms. The predicted molar refractivity (Wildman–Crippen MR) is 229 cm³/mol. The summed E-state index contributed by atoms with van der Waals surface area (Å²) in [5.74, 6) is 1.88. The van der Waals surface area contributed by atoms with Gasteiger partial charge in [0, 0.05) is 43.8 Å². The number of fused-ring (bicyclic) bond motifs is 6. The minimum atomic E-state index is 0.612. The summed E-state index contributed by atoms with van der Waals surface area (Å²) >= 11 is 0. The molecule has 5 heteroatoms. The van der Waals surface area contributed by atoms with Crippen LogP contribution in [0.15, 0.2) is 199 Å². The molecule has 0 saturated heterocycles. The van der Waals surface area contributed by atoms with Gasteiger partial charge in [-0.15, -0.1) is 0 Å². The van der Waals surface area contributed by atoms with E-state index < -0.39 is 0 Å². The van der Waals surface area contributed by atoms with Gasteiger partial charge in [-0.25, -0.2) is 15.0 Å². The monoisotopic (exact) mass is 716 g/mol. The Hall–Kier alpha value is -7.63. The second-order valence-electron chi connectivity index (χ2n) is 14.0. The van der Waals surface area contributed by atoms with Crippen LogP contribution < -0.4 is 0 Å². The second-order valence-corrected chi connectivity index (χ2v) is 14.0. The van der Waals surface area contributed by atoms with Crippen LogP contribution >= 0.6 is 0 Å². The number of hydrogen-bond acceptors (Lipinski definition) is 4. The molecule has 0 unspecified atom stereocenters. The Labute approximate surface area is 322 Å². The van der Waals surface area contributed by atoms with Crippen LogP contribution in [0.3, 0.4) is 0 Å². The molecular formula is C51H32N4O. The Bertz CT molecular complexity index is 3130. The first kappa shape index (κ1) is 31.9. The predicted octanol–water partition coefficient (Wildman–Crippen LogP) is 13.2. The van der Waals surface area contributed by atoms with Crippen LogP contribution in [0.2, 0.25) is 0 Å². The van der Waals surface area contributed by atoms with Gasteiger partial charge in [0.1, 0.15) is 5.58 Å². The average molecular weight is 717 g/mol. The van der Waals surface area contributed by atoms with Crippen molar-refractivity contribution in [3.63, 3.8) is 0 Å². The van der Waals surface area contributed by atoms with Gasteiger partial charge < -0.3 is 8.98 Å². The number of para-hydroxylation sites is 3. The molecule has 0 amide bonds. The van der Waals surface area contributed by atoms with Crippen molar-refractivity contribution in [1.82, 2.24) is 19.5 Å². The minimum absolute atomic E-state index is 0.612. The van der Waals surface area contributed by atoms with E-state index in [1.54, 1.807) is 0 Å². The molecule has 56 heavy (non-hydrogen) atoms. The quantitative estimate of drug-likeness (QED) is 0.172. The molecule has 0 atom stereocenters. The van der Waals surface area contributed by atoms with Crippen molar-refractivity contribution in [2.75, 3.05) is 0 Å². The molecule has 3 aromatic heterocycles. The van der Waals surface area contributed by atoms with Gasteiger partial charge in [-0.1, -0.05) is 164 Å². The molecule has 0 aliphatic heterocycles. The van der Waals surface area contributed by atoms with Crippen LogP contribution in [-0.2, 0) is 0 Å². The smallest absolute Gasteiger partial charge is 0.164 e. The molecule has 0 saturated carbocycles. The van der Waals surface area contributed by atoms with Crippen molar-refractivity contribution >= 4 is 43.7 Å².